The van der Waals surface area contributed by atoms with Crippen LogP contribution in [0.1, 0.15) is 10.4 Å². The van der Waals surface area contributed by atoms with Gasteiger partial charge >= 0.3 is 0 Å². The molecule has 2 aromatic carbocycles. The molecule has 0 atom stereocenters. The zero-order valence-corrected chi connectivity index (χ0v) is 11.8. The van der Waals surface area contributed by atoms with E-state index >= 15 is 0 Å². The van der Waals surface area contributed by atoms with E-state index in [4.69, 9.17) is 17.3 Å². The molecular weight excluding hydrogens is 300 g/mol. The molecule has 7 heteroatoms. The molecule has 0 aromatic heterocycles. The number of nitrogen functional groups attached to an aromatic ring is 1. The Balaban J connectivity index is 2.25. The molecule has 104 valence electrons. The maximum Gasteiger partial charge on any atom is 0.265 e. The SMILES string of the molecule is Nc1ccc(C(=O)NS(=O)(=O)c2ccccc2)cc1Cl. The van der Waals surface area contributed by atoms with Gasteiger partial charge in [0.2, 0.25) is 0 Å². The number of halogens is 1. The predicted molar refractivity (Wildman–Crippen MR) is 77.0 cm³/mol. The Morgan fingerprint density at radius 1 is 1.10 bits per heavy atom. The van der Waals surface area contributed by atoms with Gasteiger partial charge in [-0.15, -0.1) is 0 Å². The Bertz CT molecular complexity index is 745. The number of nitrogens with one attached hydrogen (secondary N) is 1. The summed E-state index contributed by atoms with van der Waals surface area (Å²) >= 11 is 5.79. The molecular formula is C13H11ClN2O3S. The van der Waals surface area contributed by atoms with Crippen LogP contribution in [0.3, 0.4) is 0 Å². The Hall–Kier alpha value is -2.05. The fourth-order valence-corrected chi connectivity index (χ4v) is 2.68. The van der Waals surface area contributed by atoms with E-state index in [1.165, 1.54) is 30.3 Å². The molecule has 0 saturated heterocycles. The molecule has 0 spiro atoms. The van der Waals surface area contributed by atoms with Crippen molar-refractivity contribution in [3.8, 4) is 0 Å². The van der Waals surface area contributed by atoms with Gasteiger partial charge in [-0.2, -0.15) is 0 Å². The second-order valence-corrected chi connectivity index (χ2v) is 6.07. The number of sulfonamides is 1. The Morgan fingerprint density at radius 3 is 2.35 bits per heavy atom. The lowest BCUT2D eigenvalue weighted by Gasteiger charge is -2.07. The van der Waals surface area contributed by atoms with E-state index in [9.17, 15) is 13.2 Å². The maximum absolute atomic E-state index is 12.0. The number of anilines is 1. The highest BCUT2D eigenvalue weighted by atomic mass is 35.5. The minimum Gasteiger partial charge on any atom is -0.398 e. The molecule has 1 amide bonds. The lowest BCUT2D eigenvalue weighted by molar-refractivity contribution is 0.0981. The van der Waals surface area contributed by atoms with Crippen molar-refractivity contribution in [3.63, 3.8) is 0 Å². The first-order valence-electron chi connectivity index (χ1n) is 5.57. The highest BCUT2D eigenvalue weighted by molar-refractivity contribution is 7.90. The highest BCUT2D eigenvalue weighted by Gasteiger charge is 2.18. The van der Waals surface area contributed by atoms with E-state index in [-0.39, 0.29) is 15.5 Å². The van der Waals surface area contributed by atoms with Crippen LogP contribution in [0.25, 0.3) is 0 Å². The molecule has 0 unspecified atom stereocenters. The van der Waals surface area contributed by atoms with Gasteiger partial charge in [0.25, 0.3) is 15.9 Å². The molecule has 2 aromatic rings. The van der Waals surface area contributed by atoms with Gasteiger partial charge < -0.3 is 5.73 Å². The summed E-state index contributed by atoms with van der Waals surface area (Å²) in [5.41, 5.74) is 5.95. The summed E-state index contributed by atoms with van der Waals surface area (Å²) in [5, 5.41) is 0.190. The number of amides is 1. The van der Waals surface area contributed by atoms with Crippen LogP contribution >= 0.6 is 11.6 Å². The van der Waals surface area contributed by atoms with Crippen LogP contribution in [0, 0.1) is 0 Å². The summed E-state index contributed by atoms with van der Waals surface area (Å²) in [6.45, 7) is 0. The van der Waals surface area contributed by atoms with Crippen molar-refractivity contribution in [1.82, 2.24) is 4.72 Å². The minimum atomic E-state index is -3.90. The third kappa shape index (κ3) is 3.09. The molecule has 0 aliphatic rings. The van der Waals surface area contributed by atoms with Crippen molar-refractivity contribution in [3.05, 3.63) is 59.1 Å². The topological polar surface area (TPSA) is 89.3 Å². The van der Waals surface area contributed by atoms with Crippen molar-refractivity contribution >= 4 is 33.2 Å². The molecule has 2 rings (SSSR count). The zero-order chi connectivity index (χ0) is 14.8. The highest BCUT2D eigenvalue weighted by Crippen LogP contribution is 2.20. The summed E-state index contributed by atoms with van der Waals surface area (Å²) < 4.78 is 25.9. The third-order valence-corrected chi connectivity index (χ3v) is 4.22. The average molecular weight is 311 g/mol. The van der Waals surface area contributed by atoms with Crippen molar-refractivity contribution in [1.29, 1.82) is 0 Å². The van der Waals surface area contributed by atoms with E-state index in [2.05, 4.69) is 0 Å². The lowest BCUT2D eigenvalue weighted by atomic mass is 10.2. The van der Waals surface area contributed by atoms with Crippen molar-refractivity contribution in [2.45, 2.75) is 4.90 Å². The van der Waals surface area contributed by atoms with Gasteiger partial charge in [-0.1, -0.05) is 29.8 Å². The number of hydrogen-bond acceptors (Lipinski definition) is 4. The molecule has 0 saturated carbocycles. The van der Waals surface area contributed by atoms with Crippen LogP contribution < -0.4 is 10.5 Å². The van der Waals surface area contributed by atoms with Gasteiger partial charge in [-0.05, 0) is 30.3 Å². The van der Waals surface area contributed by atoms with E-state index in [0.717, 1.165) is 0 Å². The first-order valence-corrected chi connectivity index (χ1v) is 7.43. The number of rotatable bonds is 3. The molecule has 0 aliphatic carbocycles. The predicted octanol–water partition coefficient (Wildman–Crippen LogP) is 2.04. The van der Waals surface area contributed by atoms with Gasteiger partial charge in [0.05, 0.1) is 15.6 Å². The molecule has 20 heavy (non-hydrogen) atoms. The first kappa shape index (κ1) is 14.4. The van der Waals surface area contributed by atoms with Crippen LogP contribution in [0.4, 0.5) is 5.69 Å². The van der Waals surface area contributed by atoms with Gasteiger partial charge in [0, 0.05) is 5.56 Å². The normalized spacial score (nSPS) is 11.1. The van der Waals surface area contributed by atoms with Crippen molar-refractivity contribution in [2.75, 3.05) is 5.73 Å². The van der Waals surface area contributed by atoms with E-state index in [1.54, 1.807) is 18.2 Å². The standard InChI is InChI=1S/C13H11ClN2O3S/c14-11-8-9(6-7-12(11)15)13(17)16-20(18,19)10-4-2-1-3-5-10/h1-8H,15H2,(H,16,17). The summed E-state index contributed by atoms with van der Waals surface area (Å²) in [6.07, 6.45) is 0. The van der Waals surface area contributed by atoms with Crippen LogP contribution in [0.5, 0.6) is 0 Å². The summed E-state index contributed by atoms with van der Waals surface area (Å²) in [7, 11) is -3.90. The fraction of sp³-hybridized carbons (Fsp3) is 0. The third-order valence-electron chi connectivity index (χ3n) is 2.54. The summed E-state index contributed by atoms with van der Waals surface area (Å²) in [5.74, 6) is -0.768. The average Bonchev–Trinajstić information content (AvgIpc) is 2.42. The van der Waals surface area contributed by atoms with Gasteiger partial charge in [0.15, 0.2) is 0 Å². The van der Waals surface area contributed by atoms with Crippen molar-refractivity contribution < 1.29 is 13.2 Å². The Morgan fingerprint density at radius 2 is 1.75 bits per heavy atom. The molecule has 0 heterocycles. The maximum atomic E-state index is 12.0. The summed E-state index contributed by atoms with van der Waals surface area (Å²) in [4.78, 5) is 11.9. The second kappa shape index (κ2) is 5.52. The monoisotopic (exact) mass is 310 g/mol. The molecule has 0 aliphatic heterocycles. The van der Waals surface area contributed by atoms with E-state index in [1.807, 2.05) is 4.72 Å². The number of carbonyl (C=O) groups is 1. The molecule has 0 fully saturated rings. The van der Waals surface area contributed by atoms with Gasteiger partial charge in [0.1, 0.15) is 0 Å². The van der Waals surface area contributed by atoms with Crippen LogP contribution in [-0.4, -0.2) is 14.3 Å². The molecule has 0 radical (unpaired) electrons. The number of hydrogen-bond donors (Lipinski definition) is 2. The van der Waals surface area contributed by atoms with Crippen LogP contribution in [0.2, 0.25) is 5.02 Å². The van der Waals surface area contributed by atoms with Crippen LogP contribution in [0.15, 0.2) is 53.4 Å². The fourth-order valence-electron chi connectivity index (χ4n) is 1.51. The number of carbonyl (C=O) groups excluding carboxylic acids is 1. The van der Waals surface area contributed by atoms with Gasteiger partial charge in [-0.3, -0.25) is 4.79 Å². The number of benzene rings is 2. The molecule has 3 N–H and O–H groups in total. The lowest BCUT2D eigenvalue weighted by Crippen LogP contribution is -2.30. The zero-order valence-electron chi connectivity index (χ0n) is 10.2. The summed E-state index contributed by atoms with van der Waals surface area (Å²) in [6, 6.07) is 11.8. The smallest absolute Gasteiger partial charge is 0.265 e. The molecule has 5 nitrogen and oxygen atoms in total. The van der Waals surface area contributed by atoms with E-state index in [0.29, 0.717) is 5.69 Å². The van der Waals surface area contributed by atoms with Crippen molar-refractivity contribution in [2.24, 2.45) is 0 Å². The Kier molecular flexibility index (Phi) is 3.96. The quantitative estimate of drug-likeness (QED) is 0.849. The second-order valence-electron chi connectivity index (χ2n) is 3.98. The Labute approximate surface area is 121 Å². The van der Waals surface area contributed by atoms with E-state index < -0.39 is 15.9 Å². The largest absolute Gasteiger partial charge is 0.398 e. The van der Waals surface area contributed by atoms with Crippen LogP contribution in [-0.2, 0) is 10.0 Å². The number of nitrogens with two attached hydrogens (primary N) is 1. The molecule has 0 bridgehead atoms. The van der Waals surface area contributed by atoms with Gasteiger partial charge in [-0.25, -0.2) is 13.1 Å². The minimum absolute atomic E-state index is 0.00916. The first-order chi connectivity index (χ1) is 9.40.